The van der Waals surface area contributed by atoms with Crippen LogP contribution in [0.25, 0.3) is 21.8 Å². The van der Waals surface area contributed by atoms with E-state index in [1.54, 1.807) is 29.2 Å². The predicted octanol–water partition coefficient (Wildman–Crippen LogP) is 4.76. The van der Waals surface area contributed by atoms with Gasteiger partial charge in [0.05, 0.1) is 28.7 Å². The van der Waals surface area contributed by atoms with E-state index in [9.17, 15) is 22.8 Å². The van der Waals surface area contributed by atoms with Crippen molar-refractivity contribution < 1.29 is 18.0 Å². The molecule has 0 saturated carbocycles. The molecule has 0 radical (unpaired) electrons. The van der Waals surface area contributed by atoms with Crippen LogP contribution in [-0.2, 0) is 23.9 Å². The van der Waals surface area contributed by atoms with Gasteiger partial charge in [0.15, 0.2) is 5.43 Å². The van der Waals surface area contributed by atoms with Crippen molar-refractivity contribution in [2.24, 2.45) is 0 Å². The standard InChI is InChI=1S/C24H17F3N2O2/c25-24(26,27)16-10-8-15(9-11-16)14-21(30)28-12-13-29-19-6-2-1-4-17(19)23(31)18-5-3-7-20(28)22(18)29/h1-11H,12-14H2. The maximum Gasteiger partial charge on any atom is 0.416 e. The number of halogens is 3. The summed E-state index contributed by atoms with van der Waals surface area (Å²) in [6, 6.07) is 17.3. The van der Waals surface area contributed by atoms with E-state index in [4.69, 9.17) is 0 Å². The van der Waals surface area contributed by atoms with Crippen molar-refractivity contribution in [3.8, 4) is 0 Å². The van der Waals surface area contributed by atoms with Crippen LogP contribution in [0.4, 0.5) is 18.9 Å². The average Bonchev–Trinajstić information content (AvgIpc) is 2.76. The van der Waals surface area contributed by atoms with Crippen LogP contribution in [0.2, 0.25) is 0 Å². The van der Waals surface area contributed by atoms with Gasteiger partial charge in [-0.15, -0.1) is 0 Å². The summed E-state index contributed by atoms with van der Waals surface area (Å²) in [5.41, 5.74) is 1.85. The van der Waals surface area contributed by atoms with Gasteiger partial charge in [-0.25, -0.2) is 0 Å². The molecule has 0 atom stereocenters. The molecular formula is C24H17F3N2O2. The molecule has 5 rings (SSSR count). The van der Waals surface area contributed by atoms with E-state index in [1.807, 2.05) is 18.2 Å². The molecule has 4 nitrogen and oxygen atoms in total. The van der Waals surface area contributed by atoms with E-state index in [2.05, 4.69) is 4.57 Å². The normalized spacial score (nSPS) is 13.7. The number of carbonyl (C=O) groups excluding carboxylic acids is 1. The van der Waals surface area contributed by atoms with Crippen LogP contribution in [0, 0.1) is 0 Å². The number of pyridine rings is 1. The first kappa shape index (κ1) is 19.4. The number of carbonyl (C=O) groups is 1. The molecule has 0 unspecified atom stereocenters. The molecule has 3 aromatic carbocycles. The van der Waals surface area contributed by atoms with Crippen LogP contribution >= 0.6 is 0 Å². The third-order valence-electron chi connectivity index (χ3n) is 5.74. The van der Waals surface area contributed by atoms with E-state index >= 15 is 0 Å². The molecule has 0 spiro atoms. The highest BCUT2D eigenvalue weighted by molar-refractivity contribution is 6.06. The summed E-state index contributed by atoms with van der Waals surface area (Å²) in [5, 5.41) is 1.18. The Balaban J connectivity index is 1.55. The number of benzene rings is 3. The molecule has 1 aliphatic heterocycles. The topological polar surface area (TPSA) is 42.3 Å². The summed E-state index contributed by atoms with van der Waals surface area (Å²) in [6.07, 6.45) is -4.43. The fourth-order valence-corrected chi connectivity index (χ4v) is 4.28. The van der Waals surface area contributed by atoms with E-state index in [1.165, 1.54) is 12.1 Å². The molecular weight excluding hydrogens is 405 g/mol. The van der Waals surface area contributed by atoms with Crippen molar-refractivity contribution in [1.82, 2.24) is 4.57 Å². The van der Waals surface area contributed by atoms with E-state index < -0.39 is 11.7 Å². The van der Waals surface area contributed by atoms with Crippen LogP contribution in [0.3, 0.4) is 0 Å². The Kier molecular flexibility index (Phi) is 4.36. The molecule has 1 aliphatic rings. The Morgan fingerprint density at radius 3 is 2.32 bits per heavy atom. The van der Waals surface area contributed by atoms with Crippen LogP contribution in [-0.4, -0.2) is 17.0 Å². The Morgan fingerprint density at radius 1 is 0.871 bits per heavy atom. The van der Waals surface area contributed by atoms with Crippen molar-refractivity contribution >= 4 is 33.4 Å². The fraction of sp³-hybridized carbons (Fsp3) is 0.167. The lowest BCUT2D eigenvalue weighted by molar-refractivity contribution is -0.137. The van der Waals surface area contributed by atoms with Gasteiger partial charge in [0.25, 0.3) is 0 Å². The maximum atomic E-state index is 13.1. The molecule has 0 fully saturated rings. The van der Waals surface area contributed by atoms with Crippen LogP contribution in [0.5, 0.6) is 0 Å². The van der Waals surface area contributed by atoms with Gasteiger partial charge in [0, 0.05) is 23.9 Å². The minimum absolute atomic E-state index is 0.0215. The fourth-order valence-electron chi connectivity index (χ4n) is 4.28. The zero-order valence-corrected chi connectivity index (χ0v) is 16.3. The first-order valence-electron chi connectivity index (χ1n) is 9.85. The number of alkyl halides is 3. The number of nitrogens with zero attached hydrogens (tertiary/aromatic N) is 2. The number of hydrogen-bond donors (Lipinski definition) is 0. The summed E-state index contributed by atoms with van der Waals surface area (Å²) < 4.78 is 40.4. The second-order valence-electron chi connectivity index (χ2n) is 7.59. The Hall–Kier alpha value is -3.61. The van der Waals surface area contributed by atoms with Crippen molar-refractivity contribution in [2.75, 3.05) is 11.4 Å². The van der Waals surface area contributed by atoms with Crippen LogP contribution < -0.4 is 10.3 Å². The van der Waals surface area contributed by atoms with E-state index in [0.717, 1.165) is 17.6 Å². The smallest absolute Gasteiger partial charge is 0.337 e. The summed E-state index contributed by atoms with van der Waals surface area (Å²) in [7, 11) is 0. The van der Waals surface area contributed by atoms with Crippen molar-refractivity contribution in [3.05, 3.63) is 88.1 Å². The number of rotatable bonds is 2. The Bertz CT molecular complexity index is 1390. The van der Waals surface area contributed by atoms with E-state index in [0.29, 0.717) is 40.6 Å². The second-order valence-corrected chi connectivity index (χ2v) is 7.59. The molecule has 0 saturated heterocycles. The molecule has 31 heavy (non-hydrogen) atoms. The highest BCUT2D eigenvalue weighted by atomic mass is 19.4. The summed E-state index contributed by atoms with van der Waals surface area (Å²) in [6.45, 7) is 0.936. The first-order chi connectivity index (χ1) is 14.8. The van der Waals surface area contributed by atoms with Crippen LogP contribution in [0.1, 0.15) is 11.1 Å². The molecule has 4 aromatic rings. The molecule has 0 aliphatic carbocycles. The Morgan fingerprint density at radius 2 is 1.58 bits per heavy atom. The van der Waals surface area contributed by atoms with Gasteiger partial charge in [-0.05, 0) is 42.0 Å². The number of aromatic nitrogens is 1. The van der Waals surface area contributed by atoms with E-state index in [-0.39, 0.29) is 17.8 Å². The molecule has 1 aromatic heterocycles. The van der Waals surface area contributed by atoms with Gasteiger partial charge < -0.3 is 9.47 Å². The third-order valence-corrected chi connectivity index (χ3v) is 5.74. The predicted molar refractivity (Wildman–Crippen MR) is 113 cm³/mol. The SMILES string of the molecule is O=C(Cc1ccc(C(F)(F)F)cc1)N1CCn2c3ccccc3c(=O)c3cccc1c32. The summed E-state index contributed by atoms with van der Waals surface area (Å²) >= 11 is 0. The van der Waals surface area contributed by atoms with Crippen LogP contribution in [0.15, 0.2) is 71.5 Å². The lowest BCUT2D eigenvalue weighted by Crippen LogP contribution is -2.38. The highest BCUT2D eigenvalue weighted by Gasteiger charge is 2.30. The molecule has 1 amide bonds. The molecule has 0 N–H and O–H groups in total. The molecule has 7 heteroatoms. The largest absolute Gasteiger partial charge is 0.416 e. The monoisotopic (exact) mass is 422 g/mol. The lowest BCUT2D eigenvalue weighted by atomic mass is 10.0. The zero-order chi connectivity index (χ0) is 21.8. The number of amides is 1. The third kappa shape index (κ3) is 3.17. The number of anilines is 1. The van der Waals surface area contributed by atoms with Crippen molar-refractivity contribution in [2.45, 2.75) is 19.1 Å². The highest BCUT2D eigenvalue weighted by Crippen LogP contribution is 2.33. The van der Waals surface area contributed by atoms with Crippen molar-refractivity contribution in [3.63, 3.8) is 0 Å². The minimum atomic E-state index is -4.41. The quantitative estimate of drug-likeness (QED) is 0.437. The van der Waals surface area contributed by atoms with Gasteiger partial charge in [-0.1, -0.05) is 30.3 Å². The number of hydrogen-bond acceptors (Lipinski definition) is 2. The number of fused-ring (bicyclic) bond motifs is 2. The number of para-hydroxylation sites is 2. The average molecular weight is 422 g/mol. The van der Waals surface area contributed by atoms with Gasteiger partial charge in [0.2, 0.25) is 5.91 Å². The zero-order valence-electron chi connectivity index (χ0n) is 16.3. The summed E-state index contributed by atoms with van der Waals surface area (Å²) in [5.74, 6) is -0.223. The van der Waals surface area contributed by atoms with Gasteiger partial charge in [-0.3, -0.25) is 9.59 Å². The second kappa shape index (κ2) is 6.97. The van der Waals surface area contributed by atoms with Crippen molar-refractivity contribution in [1.29, 1.82) is 0 Å². The molecule has 2 heterocycles. The molecule has 156 valence electrons. The first-order valence-corrected chi connectivity index (χ1v) is 9.85. The lowest BCUT2D eigenvalue weighted by Gasteiger charge is -2.31. The summed E-state index contributed by atoms with van der Waals surface area (Å²) in [4.78, 5) is 27.7. The maximum absolute atomic E-state index is 13.1. The molecule has 0 bridgehead atoms. The van der Waals surface area contributed by atoms with Gasteiger partial charge >= 0.3 is 6.18 Å². The minimum Gasteiger partial charge on any atom is -0.337 e. The van der Waals surface area contributed by atoms with Gasteiger partial charge in [0.1, 0.15) is 0 Å². The Labute approximate surface area is 175 Å². The van der Waals surface area contributed by atoms with Gasteiger partial charge in [-0.2, -0.15) is 13.2 Å².